The van der Waals surface area contributed by atoms with Crippen LogP contribution in [-0.2, 0) is 0 Å². The molecule has 1 rings (SSSR count). The number of hydrogen-bond acceptors (Lipinski definition) is 3. The first-order chi connectivity index (χ1) is 7.21. The molecule has 3 heteroatoms. The fourth-order valence-corrected chi connectivity index (χ4v) is 1.20. The lowest BCUT2D eigenvalue weighted by molar-refractivity contribution is 0.146. The number of hydrogen-bond donors (Lipinski definition) is 1. The lowest BCUT2D eigenvalue weighted by atomic mass is 10.2. The van der Waals surface area contributed by atoms with Crippen LogP contribution in [0, 0.1) is 6.92 Å². The fourth-order valence-electron chi connectivity index (χ4n) is 1.20. The summed E-state index contributed by atoms with van der Waals surface area (Å²) in [5.74, 6) is 1.28. The van der Waals surface area contributed by atoms with Crippen LogP contribution in [0.2, 0.25) is 0 Å². The molecule has 1 aromatic carbocycles. The van der Waals surface area contributed by atoms with E-state index in [-0.39, 0.29) is 6.61 Å². The largest absolute Gasteiger partial charge is 0.493 e. The van der Waals surface area contributed by atoms with Gasteiger partial charge >= 0.3 is 0 Å². The second-order valence-electron chi connectivity index (χ2n) is 3.23. The van der Waals surface area contributed by atoms with Crippen molar-refractivity contribution in [3.05, 3.63) is 36.4 Å². The molecule has 0 saturated carbocycles. The second-order valence-corrected chi connectivity index (χ2v) is 3.23. The lowest BCUT2D eigenvalue weighted by Crippen LogP contribution is -2.18. The van der Waals surface area contributed by atoms with Crippen LogP contribution in [0.4, 0.5) is 0 Å². The Bertz CT molecular complexity index is 334. The maximum Gasteiger partial charge on any atom is 0.162 e. The summed E-state index contributed by atoms with van der Waals surface area (Å²) in [7, 11) is 1.59. The number of aliphatic hydroxyl groups excluding tert-OH is 1. The Morgan fingerprint density at radius 3 is 2.73 bits per heavy atom. The summed E-state index contributed by atoms with van der Waals surface area (Å²) in [6.45, 7) is 5.45. The van der Waals surface area contributed by atoms with E-state index in [1.54, 1.807) is 13.2 Å². The quantitative estimate of drug-likeness (QED) is 0.751. The smallest absolute Gasteiger partial charge is 0.162 e. The number of methoxy groups -OCH3 is 1. The molecule has 0 heterocycles. The maximum absolute atomic E-state index is 8.97. The van der Waals surface area contributed by atoms with E-state index in [9.17, 15) is 0 Å². The predicted octanol–water partition coefficient (Wildman–Crippen LogP) is 1.93. The van der Waals surface area contributed by atoms with E-state index in [1.807, 2.05) is 25.1 Å². The van der Waals surface area contributed by atoms with E-state index in [2.05, 4.69) is 6.58 Å². The SMILES string of the molecule is C=CC(CO)Oc1ccc(C)cc1OC. The maximum atomic E-state index is 8.97. The summed E-state index contributed by atoms with van der Waals surface area (Å²) in [4.78, 5) is 0. The zero-order valence-corrected chi connectivity index (χ0v) is 9.06. The Morgan fingerprint density at radius 2 is 2.20 bits per heavy atom. The molecular weight excluding hydrogens is 192 g/mol. The molecule has 0 aliphatic carbocycles. The molecule has 1 N–H and O–H groups in total. The van der Waals surface area contributed by atoms with Gasteiger partial charge in [-0.25, -0.2) is 0 Å². The van der Waals surface area contributed by atoms with Crippen molar-refractivity contribution >= 4 is 0 Å². The third-order valence-corrected chi connectivity index (χ3v) is 2.04. The summed E-state index contributed by atoms with van der Waals surface area (Å²) in [6.07, 6.45) is 1.15. The molecule has 1 aromatic rings. The van der Waals surface area contributed by atoms with Gasteiger partial charge in [-0.05, 0) is 30.7 Å². The lowest BCUT2D eigenvalue weighted by Gasteiger charge is -2.15. The monoisotopic (exact) mass is 208 g/mol. The fraction of sp³-hybridized carbons (Fsp3) is 0.333. The molecule has 0 amide bonds. The molecule has 0 fully saturated rings. The number of ether oxygens (including phenoxy) is 2. The highest BCUT2D eigenvalue weighted by molar-refractivity contribution is 5.42. The van der Waals surface area contributed by atoms with E-state index in [1.165, 1.54) is 0 Å². The van der Waals surface area contributed by atoms with Crippen LogP contribution in [-0.4, -0.2) is 24.9 Å². The van der Waals surface area contributed by atoms with Crippen LogP contribution in [0.15, 0.2) is 30.9 Å². The first-order valence-electron chi connectivity index (χ1n) is 4.76. The van der Waals surface area contributed by atoms with Gasteiger partial charge in [0.05, 0.1) is 13.7 Å². The van der Waals surface area contributed by atoms with Gasteiger partial charge in [-0.3, -0.25) is 0 Å². The highest BCUT2D eigenvalue weighted by Gasteiger charge is 2.09. The normalized spacial score (nSPS) is 11.9. The minimum atomic E-state index is -0.401. The molecule has 0 aromatic heterocycles. The predicted molar refractivity (Wildman–Crippen MR) is 59.4 cm³/mol. The average Bonchev–Trinajstić information content (AvgIpc) is 2.27. The van der Waals surface area contributed by atoms with Crippen LogP contribution < -0.4 is 9.47 Å². The Morgan fingerprint density at radius 1 is 1.47 bits per heavy atom. The molecule has 0 aliphatic rings. The average molecular weight is 208 g/mol. The van der Waals surface area contributed by atoms with Crippen LogP contribution in [0.1, 0.15) is 5.56 Å². The molecule has 0 aliphatic heterocycles. The van der Waals surface area contributed by atoms with Crippen molar-refractivity contribution in [2.24, 2.45) is 0 Å². The van der Waals surface area contributed by atoms with Crippen molar-refractivity contribution in [1.29, 1.82) is 0 Å². The minimum absolute atomic E-state index is 0.0967. The third-order valence-electron chi connectivity index (χ3n) is 2.04. The molecule has 15 heavy (non-hydrogen) atoms. The summed E-state index contributed by atoms with van der Waals surface area (Å²) in [5.41, 5.74) is 1.10. The number of rotatable bonds is 5. The van der Waals surface area contributed by atoms with Crippen molar-refractivity contribution < 1.29 is 14.6 Å². The van der Waals surface area contributed by atoms with Gasteiger partial charge in [0.1, 0.15) is 6.10 Å². The molecular formula is C12H16O3. The van der Waals surface area contributed by atoms with Gasteiger partial charge < -0.3 is 14.6 Å². The zero-order valence-electron chi connectivity index (χ0n) is 9.06. The van der Waals surface area contributed by atoms with Gasteiger partial charge in [0, 0.05) is 0 Å². The summed E-state index contributed by atoms with van der Waals surface area (Å²) >= 11 is 0. The molecule has 1 unspecified atom stereocenters. The first-order valence-corrected chi connectivity index (χ1v) is 4.76. The molecule has 1 atom stereocenters. The van der Waals surface area contributed by atoms with Crippen molar-refractivity contribution in [3.63, 3.8) is 0 Å². The molecule has 0 radical (unpaired) electrons. The van der Waals surface area contributed by atoms with E-state index in [0.717, 1.165) is 5.56 Å². The van der Waals surface area contributed by atoms with E-state index < -0.39 is 6.10 Å². The highest BCUT2D eigenvalue weighted by Crippen LogP contribution is 2.28. The zero-order chi connectivity index (χ0) is 11.3. The standard InChI is InChI=1S/C12H16O3/c1-4-10(8-13)15-11-6-5-9(2)7-12(11)14-3/h4-7,10,13H,1,8H2,2-3H3. The molecule has 0 spiro atoms. The Hall–Kier alpha value is -1.48. The van der Waals surface area contributed by atoms with Crippen LogP contribution in [0.25, 0.3) is 0 Å². The second kappa shape index (κ2) is 5.41. The van der Waals surface area contributed by atoms with Gasteiger partial charge in [-0.2, -0.15) is 0 Å². The summed E-state index contributed by atoms with van der Waals surface area (Å²) < 4.78 is 10.7. The van der Waals surface area contributed by atoms with E-state index >= 15 is 0 Å². The van der Waals surface area contributed by atoms with E-state index in [0.29, 0.717) is 11.5 Å². The first kappa shape index (κ1) is 11.6. The third kappa shape index (κ3) is 2.99. The van der Waals surface area contributed by atoms with Gasteiger partial charge in [0.25, 0.3) is 0 Å². The van der Waals surface area contributed by atoms with Crippen molar-refractivity contribution in [2.75, 3.05) is 13.7 Å². The molecule has 0 saturated heterocycles. The molecule has 3 nitrogen and oxygen atoms in total. The number of aryl methyl sites for hydroxylation is 1. The Balaban J connectivity index is 2.88. The Kier molecular flexibility index (Phi) is 4.18. The van der Waals surface area contributed by atoms with Crippen molar-refractivity contribution in [1.82, 2.24) is 0 Å². The minimum Gasteiger partial charge on any atom is -0.493 e. The van der Waals surface area contributed by atoms with Crippen LogP contribution in [0.3, 0.4) is 0 Å². The van der Waals surface area contributed by atoms with Gasteiger partial charge in [0.2, 0.25) is 0 Å². The van der Waals surface area contributed by atoms with Crippen molar-refractivity contribution in [2.45, 2.75) is 13.0 Å². The molecule has 82 valence electrons. The van der Waals surface area contributed by atoms with E-state index in [4.69, 9.17) is 14.6 Å². The number of aliphatic hydroxyl groups is 1. The highest BCUT2D eigenvalue weighted by atomic mass is 16.5. The van der Waals surface area contributed by atoms with Crippen molar-refractivity contribution in [3.8, 4) is 11.5 Å². The van der Waals surface area contributed by atoms with Crippen LogP contribution >= 0.6 is 0 Å². The van der Waals surface area contributed by atoms with Crippen LogP contribution in [0.5, 0.6) is 11.5 Å². The van der Waals surface area contributed by atoms with Gasteiger partial charge in [-0.15, -0.1) is 0 Å². The van der Waals surface area contributed by atoms with Gasteiger partial charge in [-0.1, -0.05) is 12.6 Å². The number of benzene rings is 1. The van der Waals surface area contributed by atoms with Gasteiger partial charge in [0.15, 0.2) is 11.5 Å². The Labute approximate surface area is 90.0 Å². The summed E-state index contributed by atoms with van der Waals surface area (Å²) in [6, 6.07) is 5.63. The molecule has 0 bridgehead atoms. The summed E-state index contributed by atoms with van der Waals surface area (Å²) in [5, 5.41) is 8.97. The topological polar surface area (TPSA) is 38.7 Å².